The lowest BCUT2D eigenvalue weighted by molar-refractivity contribution is 0.194. The van der Waals surface area contributed by atoms with Crippen molar-refractivity contribution in [2.24, 2.45) is 7.05 Å². The van der Waals surface area contributed by atoms with Crippen LogP contribution in [0.15, 0.2) is 83.9 Å². The maximum Gasteiger partial charge on any atom is 0.404 e. The molecule has 0 bridgehead atoms. The number of aromatic nitrogens is 3. The Kier molecular flexibility index (Phi) is 7.83. The molecule has 0 radical (unpaired) electrons. The van der Waals surface area contributed by atoms with Crippen molar-refractivity contribution in [2.45, 2.75) is 25.9 Å². The fourth-order valence-electron chi connectivity index (χ4n) is 4.11. The molecule has 37 heavy (non-hydrogen) atoms. The largest absolute Gasteiger partial charge is 0.465 e. The van der Waals surface area contributed by atoms with Gasteiger partial charge < -0.3 is 25.2 Å². The van der Waals surface area contributed by atoms with Crippen LogP contribution in [-0.2, 0) is 20.0 Å². The number of hydrogen-bond acceptors (Lipinski definition) is 6. The molecule has 0 saturated heterocycles. The van der Waals surface area contributed by atoms with E-state index in [1.165, 1.54) is 0 Å². The molecule has 0 aliphatic carbocycles. The fraction of sp³-hybridized carbons (Fsp3) is 0.214. The Morgan fingerprint density at radius 3 is 2.59 bits per heavy atom. The second kappa shape index (κ2) is 11.4. The van der Waals surface area contributed by atoms with Gasteiger partial charge in [-0.05, 0) is 42.2 Å². The van der Waals surface area contributed by atoms with Gasteiger partial charge in [-0.15, -0.1) is 0 Å². The molecule has 0 spiro atoms. The van der Waals surface area contributed by atoms with Gasteiger partial charge in [-0.2, -0.15) is 4.98 Å². The lowest BCUT2D eigenvalue weighted by Crippen LogP contribution is -2.23. The Hall–Kier alpha value is -4.66. The average molecular weight is 499 g/mol. The second-order valence-electron chi connectivity index (χ2n) is 8.92. The lowest BCUT2D eigenvalue weighted by atomic mass is 10.0. The van der Waals surface area contributed by atoms with E-state index in [0.717, 1.165) is 22.4 Å². The number of nitrogens with zero attached hydrogens (tertiary/aromatic N) is 4. The van der Waals surface area contributed by atoms with Crippen molar-refractivity contribution in [3.63, 3.8) is 0 Å². The zero-order valence-corrected chi connectivity index (χ0v) is 21.0. The van der Waals surface area contributed by atoms with E-state index in [9.17, 15) is 9.59 Å². The van der Waals surface area contributed by atoms with Crippen molar-refractivity contribution < 1.29 is 9.90 Å². The molecule has 0 aliphatic heterocycles. The van der Waals surface area contributed by atoms with Crippen molar-refractivity contribution in [2.75, 3.05) is 17.3 Å². The van der Waals surface area contributed by atoms with Crippen molar-refractivity contribution in [3.05, 3.63) is 101 Å². The topological polar surface area (TPSA) is 112 Å². The highest BCUT2D eigenvalue weighted by molar-refractivity contribution is 5.70. The number of rotatable bonds is 9. The van der Waals surface area contributed by atoms with Gasteiger partial charge >= 0.3 is 6.09 Å². The van der Waals surface area contributed by atoms with Crippen LogP contribution in [0.2, 0.25) is 0 Å². The SMILES string of the molecule is C[C@@H](Cc1cccc(CNC(=O)O)c1)Nc1nccc(N(C)c2cc(-c3ccccc3)c(=O)n(C)c2)n1. The van der Waals surface area contributed by atoms with Crippen molar-refractivity contribution in [1.29, 1.82) is 0 Å². The molecule has 4 rings (SSSR count). The van der Waals surface area contributed by atoms with Gasteiger partial charge in [0.1, 0.15) is 5.82 Å². The quantitative estimate of drug-likeness (QED) is 0.313. The summed E-state index contributed by atoms with van der Waals surface area (Å²) >= 11 is 0. The third kappa shape index (κ3) is 6.52. The van der Waals surface area contributed by atoms with E-state index >= 15 is 0 Å². The van der Waals surface area contributed by atoms with Gasteiger partial charge in [-0.25, -0.2) is 9.78 Å². The van der Waals surface area contributed by atoms with Gasteiger partial charge in [0.15, 0.2) is 0 Å². The van der Waals surface area contributed by atoms with E-state index in [0.29, 0.717) is 23.8 Å². The number of benzene rings is 2. The molecule has 1 amide bonds. The number of hydrogen-bond donors (Lipinski definition) is 3. The van der Waals surface area contributed by atoms with E-state index in [1.54, 1.807) is 24.0 Å². The Balaban J connectivity index is 1.49. The standard InChI is InChI=1S/C28H30N6O3/c1-19(14-20-8-7-9-21(15-20)17-30-28(36)37)31-27-29-13-12-25(32-27)34(3)23-16-24(26(35)33(2)18-23)22-10-5-4-6-11-22/h4-13,15-16,18-19,30H,14,17H2,1-3H3,(H,36,37)(H,29,31,32)/t19-/m0/s1. The van der Waals surface area contributed by atoms with Gasteiger partial charge in [0.05, 0.1) is 5.69 Å². The van der Waals surface area contributed by atoms with Crippen molar-refractivity contribution in [1.82, 2.24) is 19.9 Å². The third-order valence-electron chi connectivity index (χ3n) is 5.98. The number of amides is 1. The number of aryl methyl sites for hydroxylation is 1. The molecule has 190 valence electrons. The Bertz CT molecular complexity index is 1440. The maximum atomic E-state index is 12.8. The molecule has 2 heterocycles. The molecule has 9 heteroatoms. The highest BCUT2D eigenvalue weighted by Gasteiger charge is 2.14. The second-order valence-corrected chi connectivity index (χ2v) is 8.92. The highest BCUT2D eigenvalue weighted by atomic mass is 16.4. The predicted octanol–water partition coefficient (Wildman–Crippen LogP) is 4.42. The lowest BCUT2D eigenvalue weighted by Gasteiger charge is -2.21. The molecule has 0 aliphatic rings. The zero-order valence-electron chi connectivity index (χ0n) is 21.0. The normalized spacial score (nSPS) is 11.5. The summed E-state index contributed by atoms with van der Waals surface area (Å²) in [4.78, 5) is 34.5. The Labute approximate surface area is 215 Å². The van der Waals surface area contributed by atoms with Crippen molar-refractivity contribution >= 4 is 23.5 Å². The smallest absolute Gasteiger partial charge is 0.404 e. The number of carbonyl (C=O) groups is 1. The van der Waals surface area contributed by atoms with Crippen LogP contribution < -0.4 is 21.1 Å². The summed E-state index contributed by atoms with van der Waals surface area (Å²) in [7, 11) is 3.65. The Morgan fingerprint density at radius 2 is 1.84 bits per heavy atom. The molecule has 0 saturated carbocycles. The van der Waals surface area contributed by atoms with Crippen molar-refractivity contribution in [3.8, 4) is 11.1 Å². The molecule has 2 aromatic carbocycles. The average Bonchev–Trinajstić information content (AvgIpc) is 2.89. The van der Waals surface area contributed by atoms with E-state index in [-0.39, 0.29) is 18.1 Å². The number of nitrogens with one attached hydrogen (secondary N) is 2. The molecule has 0 unspecified atom stereocenters. The molecule has 0 fully saturated rings. The maximum absolute atomic E-state index is 12.8. The van der Waals surface area contributed by atoms with Gasteiger partial charge in [-0.3, -0.25) is 4.79 Å². The van der Waals surface area contributed by atoms with Crippen LogP contribution in [0.4, 0.5) is 22.2 Å². The minimum Gasteiger partial charge on any atom is -0.465 e. The van der Waals surface area contributed by atoms with Gasteiger partial charge in [0.25, 0.3) is 5.56 Å². The number of carboxylic acid groups (broad SMARTS) is 1. The third-order valence-corrected chi connectivity index (χ3v) is 5.98. The summed E-state index contributed by atoms with van der Waals surface area (Å²) in [5, 5.41) is 14.6. The zero-order chi connectivity index (χ0) is 26.4. The summed E-state index contributed by atoms with van der Waals surface area (Å²) in [5.74, 6) is 1.18. The van der Waals surface area contributed by atoms with E-state index in [2.05, 4.69) is 15.6 Å². The van der Waals surface area contributed by atoms with Gasteiger partial charge in [0.2, 0.25) is 5.95 Å². The molecule has 2 aromatic heterocycles. The van der Waals surface area contributed by atoms with E-state index < -0.39 is 6.09 Å². The number of pyridine rings is 1. The molecule has 4 aromatic rings. The highest BCUT2D eigenvalue weighted by Crippen LogP contribution is 2.25. The molecular weight excluding hydrogens is 468 g/mol. The number of anilines is 3. The van der Waals surface area contributed by atoms with Gasteiger partial charge in [0, 0.05) is 44.6 Å². The summed E-state index contributed by atoms with van der Waals surface area (Å²) in [6.45, 7) is 2.31. The van der Waals surface area contributed by atoms with E-state index in [1.807, 2.05) is 85.6 Å². The van der Waals surface area contributed by atoms with Crippen LogP contribution in [0, 0.1) is 0 Å². The summed E-state index contributed by atoms with van der Waals surface area (Å²) < 4.78 is 1.58. The first-order valence-electron chi connectivity index (χ1n) is 11.9. The van der Waals surface area contributed by atoms with Crippen LogP contribution in [0.5, 0.6) is 0 Å². The molecule has 3 N–H and O–H groups in total. The Morgan fingerprint density at radius 1 is 1.08 bits per heavy atom. The minimum absolute atomic E-state index is 0.0328. The van der Waals surface area contributed by atoms with Crippen LogP contribution in [-0.4, -0.2) is 38.8 Å². The van der Waals surface area contributed by atoms with Crippen LogP contribution >= 0.6 is 0 Å². The predicted molar refractivity (Wildman–Crippen MR) is 145 cm³/mol. The first-order valence-corrected chi connectivity index (χ1v) is 11.9. The first kappa shape index (κ1) is 25.4. The van der Waals surface area contributed by atoms with E-state index in [4.69, 9.17) is 10.1 Å². The molecular formula is C28H30N6O3. The monoisotopic (exact) mass is 498 g/mol. The summed E-state index contributed by atoms with van der Waals surface area (Å²) in [6, 6.07) is 21.1. The summed E-state index contributed by atoms with van der Waals surface area (Å²) in [5.41, 5.74) is 4.22. The fourth-order valence-corrected chi connectivity index (χ4v) is 4.11. The minimum atomic E-state index is -1.04. The van der Waals surface area contributed by atoms with Crippen LogP contribution in [0.3, 0.4) is 0 Å². The molecule has 1 atom stereocenters. The van der Waals surface area contributed by atoms with Crippen LogP contribution in [0.25, 0.3) is 11.1 Å². The van der Waals surface area contributed by atoms with Crippen LogP contribution in [0.1, 0.15) is 18.1 Å². The molecule has 9 nitrogen and oxygen atoms in total. The first-order chi connectivity index (χ1) is 17.8. The summed E-state index contributed by atoms with van der Waals surface area (Å²) in [6.07, 6.45) is 3.16. The van der Waals surface area contributed by atoms with Gasteiger partial charge in [-0.1, -0.05) is 54.6 Å².